The summed E-state index contributed by atoms with van der Waals surface area (Å²) in [4.78, 5) is 11.9. The molecular formula is C13H19O4P. The van der Waals surface area contributed by atoms with E-state index < -0.39 is 7.60 Å². The Morgan fingerprint density at radius 3 is 2.28 bits per heavy atom. The van der Waals surface area contributed by atoms with E-state index in [1.807, 2.05) is 37.3 Å². The van der Waals surface area contributed by atoms with Crippen molar-refractivity contribution in [1.29, 1.82) is 0 Å². The van der Waals surface area contributed by atoms with Crippen LogP contribution in [0, 0.1) is 5.92 Å². The largest absolute Gasteiger partial charge is 0.337 e. The monoisotopic (exact) mass is 270 g/mol. The third kappa shape index (κ3) is 4.37. The fourth-order valence-electron chi connectivity index (χ4n) is 1.63. The van der Waals surface area contributed by atoms with E-state index in [-0.39, 0.29) is 17.9 Å². The topological polar surface area (TPSA) is 52.6 Å². The molecular weight excluding hydrogens is 251 g/mol. The quantitative estimate of drug-likeness (QED) is 0.715. The lowest BCUT2D eigenvalue weighted by Crippen LogP contribution is -2.18. The first-order valence-electron chi connectivity index (χ1n) is 5.78. The van der Waals surface area contributed by atoms with E-state index in [0.717, 1.165) is 5.56 Å². The van der Waals surface area contributed by atoms with Crippen molar-refractivity contribution in [2.75, 3.05) is 20.4 Å². The van der Waals surface area contributed by atoms with Gasteiger partial charge in [0.1, 0.15) is 11.9 Å². The van der Waals surface area contributed by atoms with Gasteiger partial charge in [-0.3, -0.25) is 9.36 Å². The Bertz CT molecular complexity index is 422. The summed E-state index contributed by atoms with van der Waals surface area (Å²) in [5.74, 6) is -0.308. The molecule has 100 valence electrons. The van der Waals surface area contributed by atoms with E-state index in [9.17, 15) is 9.36 Å². The van der Waals surface area contributed by atoms with Crippen LogP contribution in [0.2, 0.25) is 0 Å². The van der Waals surface area contributed by atoms with Gasteiger partial charge < -0.3 is 9.05 Å². The number of carbonyl (C=O) groups is 1. The first kappa shape index (κ1) is 15.1. The zero-order valence-corrected chi connectivity index (χ0v) is 11.9. The van der Waals surface area contributed by atoms with Gasteiger partial charge in [-0.05, 0) is 12.0 Å². The summed E-state index contributed by atoms with van der Waals surface area (Å²) in [6.07, 6.45) is 0.459. The van der Waals surface area contributed by atoms with Gasteiger partial charge in [-0.25, -0.2) is 0 Å². The van der Waals surface area contributed by atoms with Gasteiger partial charge >= 0.3 is 7.60 Å². The molecule has 0 aliphatic carbocycles. The van der Waals surface area contributed by atoms with E-state index in [1.54, 1.807) is 0 Å². The number of rotatable bonds is 7. The highest BCUT2D eigenvalue weighted by atomic mass is 31.2. The number of benzene rings is 1. The molecule has 4 nitrogen and oxygen atoms in total. The van der Waals surface area contributed by atoms with Crippen molar-refractivity contribution in [2.24, 2.45) is 5.92 Å². The van der Waals surface area contributed by atoms with Gasteiger partial charge in [0.2, 0.25) is 0 Å². The first-order valence-corrected chi connectivity index (χ1v) is 7.50. The van der Waals surface area contributed by atoms with Crippen molar-refractivity contribution < 1.29 is 18.4 Å². The van der Waals surface area contributed by atoms with Gasteiger partial charge in [0, 0.05) is 20.1 Å². The van der Waals surface area contributed by atoms with Crippen LogP contribution in [0.4, 0.5) is 0 Å². The number of hydrogen-bond donors (Lipinski definition) is 0. The van der Waals surface area contributed by atoms with E-state index in [1.165, 1.54) is 14.2 Å². The van der Waals surface area contributed by atoms with Crippen molar-refractivity contribution >= 4 is 13.4 Å². The van der Waals surface area contributed by atoms with Crippen molar-refractivity contribution in [1.82, 2.24) is 0 Å². The standard InChI is InChI=1S/C13H19O4P/c1-11(9-12-7-5-4-6-8-12)13(14)10-18(15,16-2)17-3/h4-8,11H,9-10H2,1-3H3/t11-/m1/s1. The molecule has 18 heavy (non-hydrogen) atoms. The van der Waals surface area contributed by atoms with Crippen molar-refractivity contribution in [2.45, 2.75) is 13.3 Å². The number of hydrogen-bond acceptors (Lipinski definition) is 4. The normalized spacial score (nSPS) is 13.3. The van der Waals surface area contributed by atoms with Gasteiger partial charge in [-0.15, -0.1) is 0 Å². The van der Waals surface area contributed by atoms with Crippen LogP contribution in [0.15, 0.2) is 30.3 Å². The Kier molecular flexibility index (Phi) is 5.73. The zero-order valence-electron chi connectivity index (χ0n) is 11.0. The van der Waals surface area contributed by atoms with Crippen LogP contribution in [-0.2, 0) is 24.8 Å². The Labute approximate surface area is 108 Å². The molecule has 0 bridgehead atoms. The average Bonchev–Trinajstić information content (AvgIpc) is 2.39. The van der Waals surface area contributed by atoms with E-state index in [0.29, 0.717) is 6.42 Å². The van der Waals surface area contributed by atoms with Gasteiger partial charge in [-0.2, -0.15) is 0 Å². The lowest BCUT2D eigenvalue weighted by molar-refractivity contribution is -0.120. The van der Waals surface area contributed by atoms with E-state index >= 15 is 0 Å². The van der Waals surface area contributed by atoms with Crippen LogP contribution in [0.1, 0.15) is 12.5 Å². The fraction of sp³-hybridized carbons (Fsp3) is 0.462. The maximum atomic E-state index is 11.9. The minimum atomic E-state index is -3.25. The summed E-state index contributed by atoms with van der Waals surface area (Å²) >= 11 is 0. The zero-order chi connectivity index (χ0) is 13.6. The highest BCUT2D eigenvalue weighted by Gasteiger charge is 2.28. The van der Waals surface area contributed by atoms with Crippen molar-refractivity contribution in [3.63, 3.8) is 0 Å². The highest BCUT2D eigenvalue weighted by Crippen LogP contribution is 2.46. The summed E-state index contributed by atoms with van der Waals surface area (Å²) < 4.78 is 21.4. The molecule has 0 aliphatic heterocycles. The maximum Gasteiger partial charge on any atom is 0.337 e. The Hall–Kier alpha value is -0.960. The van der Waals surface area contributed by atoms with Crippen LogP contribution < -0.4 is 0 Å². The summed E-state index contributed by atoms with van der Waals surface area (Å²) in [6.45, 7) is 1.82. The molecule has 1 atom stereocenters. The van der Waals surface area contributed by atoms with Gasteiger partial charge in [0.05, 0.1) is 0 Å². The van der Waals surface area contributed by atoms with Crippen molar-refractivity contribution in [3.8, 4) is 0 Å². The Morgan fingerprint density at radius 1 is 1.22 bits per heavy atom. The Morgan fingerprint density at radius 2 is 1.78 bits per heavy atom. The molecule has 1 aromatic carbocycles. The molecule has 1 aromatic rings. The second kappa shape index (κ2) is 6.83. The number of Topliss-reactive ketones (excluding diaryl/α,β-unsaturated/α-hetero) is 1. The molecule has 0 unspecified atom stereocenters. The lowest BCUT2D eigenvalue weighted by Gasteiger charge is -2.15. The van der Waals surface area contributed by atoms with Crippen LogP contribution in [-0.4, -0.2) is 26.2 Å². The maximum absolute atomic E-state index is 11.9. The molecule has 0 heterocycles. The molecule has 0 saturated heterocycles. The molecule has 0 fully saturated rings. The molecule has 0 spiro atoms. The Balaban J connectivity index is 2.60. The van der Waals surface area contributed by atoms with Gasteiger partial charge in [0.15, 0.2) is 0 Å². The third-order valence-corrected chi connectivity index (χ3v) is 4.65. The van der Waals surface area contributed by atoms with Crippen LogP contribution in [0.25, 0.3) is 0 Å². The number of ketones is 1. The van der Waals surface area contributed by atoms with Crippen molar-refractivity contribution in [3.05, 3.63) is 35.9 Å². The predicted molar refractivity (Wildman–Crippen MR) is 70.8 cm³/mol. The van der Waals surface area contributed by atoms with E-state index in [2.05, 4.69) is 0 Å². The van der Waals surface area contributed by atoms with Gasteiger partial charge in [-0.1, -0.05) is 37.3 Å². The summed E-state index contributed by atoms with van der Waals surface area (Å²) in [6, 6.07) is 9.73. The molecule has 0 radical (unpaired) electrons. The SMILES string of the molecule is COP(=O)(CC(=O)[C@H](C)Cc1ccccc1)OC. The highest BCUT2D eigenvalue weighted by molar-refractivity contribution is 7.54. The molecule has 0 amide bonds. The molecule has 1 rings (SSSR count). The predicted octanol–water partition coefficient (Wildman–Crippen LogP) is 2.92. The molecule has 5 heteroatoms. The van der Waals surface area contributed by atoms with Gasteiger partial charge in [0.25, 0.3) is 0 Å². The minimum Gasteiger partial charge on any atom is -0.312 e. The minimum absolute atomic E-state index is 0.106. The molecule has 0 N–H and O–H groups in total. The first-order chi connectivity index (χ1) is 8.50. The van der Waals surface area contributed by atoms with Crippen LogP contribution in [0.5, 0.6) is 0 Å². The summed E-state index contributed by atoms with van der Waals surface area (Å²) in [5, 5.41) is 0. The van der Waals surface area contributed by atoms with Crippen LogP contribution in [0.3, 0.4) is 0 Å². The fourth-order valence-corrected chi connectivity index (χ4v) is 2.73. The summed E-state index contributed by atoms with van der Waals surface area (Å²) in [5.41, 5.74) is 1.09. The smallest absolute Gasteiger partial charge is 0.312 e. The third-order valence-electron chi connectivity index (χ3n) is 2.84. The lowest BCUT2D eigenvalue weighted by atomic mass is 9.98. The van der Waals surface area contributed by atoms with E-state index in [4.69, 9.17) is 9.05 Å². The average molecular weight is 270 g/mol. The molecule has 0 saturated carbocycles. The molecule has 0 aliphatic rings. The second-order valence-electron chi connectivity index (χ2n) is 4.19. The summed E-state index contributed by atoms with van der Waals surface area (Å²) in [7, 11) is -0.663. The molecule has 0 aromatic heterocycles. The number of carbonyl (C=O) groups excluding carboxylic acids is 1. The van der Waals surface area contributed by atoms with Crippen LogP contribution >= 0.6 is 7.60 Å². The second-order valence-corrected chi connectivity index (χ2v) is 6.46.